The molecule has 110 valence electrons. The van der Waals surface area contributed by atoms with Crippen LogP contribution in [-0.4, -0.2) is 0 Å². The number of para-hydroxylation sites is 2. The van der Waals surface area contributed by atoms with Gasteiger partial charge in [-0.3, -0.25) is 9.59 Å². The van der Waals surface area contributed by atoms with E-state index in [0.717, 1.165) is 0 Å². The van der Waals surface area contributed by atoms with Gasteiger partial charge in [-0.15, -0.1) is 0 Å². The van der Waals surface area contributed by atoms with E-state index in [9.17, 15) is 18.4 Å². The van der Waals surface area contributed by atoms with Crippen LogP contribution < -0.4 is 21.5 Å². The van der Waals surface area contributed by atoms with Crippen LogP contribution in [0.25, 0.3) is 0 Å². The van der Waals surface area contributed by atoms with Gasteiger partial charge in [0.1, 0.15) is 23.0 Å². The number of nitrogens with one attached hydrogen (secondary N) is 2. The molecule has 0 aliphatic heterocycles. The molecule has 3 aromatic rings. The zero-order valence-corrected chi connectivity index (χ0v) is 11.2. The Balaban J connectivity index is 1.93. The van der Waals surface area contributed by atoms with E-state index >= 15 is 0 Å². The molecule has 4 nitrogen and oxygen atoms in total. The Morgan fingerprint density at radius 1 is 0.636 bits per heavy atom. The number of rotatable bonds is 4. The van der Waals surface area contributed by atoms with Crippen molar-refractivity contribution in [3.63, 3.8) is 0 Å². The van der Waals surface area contributed by atoms with Crippen molar-refractivity contribution in [2.75, 3.05) is 10.6 Å². The van der Waals surface area contributed by atoms with Gasteiger partial charge >= 0.3 is 0 Å². The summed E-state index contributed by atoms with van der Waals surface area (Å²) in [6.07, 6.45) is 0. The Labute approximate surface area is 123 Å². The summed E-state index contributed by atoms with van der Waals surface area (Å²) in [5.41, 5.74) is -1.60. The SMILES string of the molecule is O=c1c(Nc2ccccc2F)c(Nc2ccccc2F)c1=O. The summed E-state index contributed by atoms with van der Waals surface area (Å²) < 4.78 is 27.2. The van der Waals surface area contributed by atoms with Crippen LogP contribution in [0.2, 0.25) is 0 Å². The maximum atomic E-state index is 13.6. The predicted octanol–water partition coefficient (Wildman–Crippen LogP) is 3.05. The van der Waals surface area contributed by atoms with Crippen molar-refractivity contribution in [2.45, 2.75) is 0 Å². The molecule has 6 heteroatoms. The third-order valence-electron chi connectivity index (χ3n) is 3.18. The number of benzene rings is 2. The summed E-state index contributed by atoms with van der Waals surface area (Å²) in [5, 5.41) is 5.13. The molecule has 2 N–H and O–H groups in total. The topological polar surface area (TPSA) is 58.2 Å². The van der Waals surface area contributed by atoms with E-state index in [1.165, 1.54) is 36.4 Å². The molecule has 0 heterocycles. The highest BCUT2D eigenvalue weighted by Crippen LogP contribution is 2.26. The van der Waals surface area contributed by atoms with E-state index in [4.69, 9.17) is 0 Å². The van der Waals surface area contributed by atoms with Crippen molar-refractivity contribution >= 4 is 22.7 Å². The molecule has 22 heavy (non-hydrogen) atoms. The molecule has 0 unspecified atom stereocenters. The molecule has 0 radical (unpaired) electrons. The van der Waals surface area contributed by atoms with E-state index in [2.05, 4.69) is 10.6 Å². The molecular weight excluding hydrogens is 290 g/mol. The Hall–Kier alpha value is -3.02. The minimum atomic E-state index is -0.776. The van der Waals surface area contributed by atoms with Crippen molar-refractivity contribution in [1.82, 2.24) is 0 Å². The number of anilines is 4. The van der Waals surface area contributed by atoms with Crippen LogP contribution in [0.1, 0.15) is 0 Å². The molecule has 3 aromatic carbocycles. The molecule has 0 bridgehead atoms. The quantitative estimate of drug-likeness (QED) is 0.727. The van der Waals surface area contributed by atoms with E-state index < -0.39 is 22.5 Å². The Kier molecular flexibility index (Phi) is 3.42. The number of halogens is 2. The smallest absolute Gasteiger partial charge is 0.253 e. The van der Waals surface area contributed by atoms with Crippen LogP contribution in [0, 0.1) is 11.6 Å². The van der Waals surface area contributed by atoms with Crippen molar-refractivity contribution < 1.29 is 8.78 Å². The molecule has 0 amide bonds. The Bertz CT molecular complexity index is 839. The first-order valence-corrected chi connectivity index (χ1v) is 6.44. The van der Waals surface area contributed by atoms with Gasteiger partial charge in [-0.2, -0.15) is 0 Å². The number of hydrogen-bond donors (Lipinski definition) is 2. The van der Waals surface area contributed by atoms with Crippen LogP contribution in [-0.2, 0) is 0 Å². The highest BCUT2D eigenvalue weighted by molar-refractivity contribution is 5.82. The maximum absolute atomic E-state index is 13.6. The summed E-state index contributed by atoms with van der Waals surface area (Å²) >= 11 is 0. The van der Waals surface area contributed by atoms with E-state index in [-0.39, 0.29) is 22.7 Å². The first kappa shape index (κ1) is 13.9. The highest BCUT2D eigenvalue weighted by Gasteiger charge is 2.22. The first-order chi connectivity index (χ1) is 10.6. The van der Waals surface area contributed by atoms with Crippen molar-refractivity contribution in [3.8, 4) is 0 Å². The third kappa shape index (κ3) is 2.35. The van der Waals surface area contributed by atoms with Gasteiger partial charge in [0.05, 0.1) is 11.4 Å². The summed E-state index contributed by atoms with van der Waals surface area (Å²) in [7, 11) is 0. The fourth-order valence-electron chi connectivity index (χ4n) is 2.02. The fourth-order valence-corrected chi connectivity index (χ4v) is 2.02. The molecule has 0 aliphatic carbocycles. The lowest BCUT2D eigenvalue weighted by Crippen LogP contribution is -2.36. The van der Waals surface area contributed by atoms with Gasteiger partial charge in [-0.25, -0.2) is 8.78 Å². The van der Waals surface area contributed by atoms with Gasteiger partial charge in [-0.1, -0.05) is 24.3 Å². The zero-order chi connectivity index (χ0) is 15.7. The van der Waals surface area contributed by atoms with Crippen molar-refractivity contribution in [3.05, 3.63) is 80.6 Å². The van der Waals surface area contributed by atoms with Gasteiger partial charge in [-0.05, 0) is 24.3 Å². The Morgan fingerprint density at radius 2 is 1.00 bits per heavy atom. The molecular formula is C16H10F2N2O2. The lowest BCUT2D eigenvalue weighted by atomic mass is 10.1. The summed E-state index contributed by atoms with van der Waals surface area (Å²) in [5.74, 6) is -1.13. The molecule has 0 saturated carbocycles. The lowest BCUT2D eigenvalue weighted by molar-refractivity contribution is 0.631. The van der Waals surface area contributed by atoms with Crippen LogP contribution >= 0.6 is 0 Å². The van der Waals surface area contributed by atoms with Crippen LogP contribution in [0.3, 0.4) is 0 Å². The predicted molar refractivity (Wildman–Crippen MR) is 80.7 cm³/mol. The summed E-state index contributed by atoms with van der Waals surface area (Å²) in [6.45, 7) is 0. The molecule has 0 fully saturated rings. The molecule has 0 atom stereocenters. The van der Waals surface area contributed by atoms with Gasteiger partial charge < -0.3 is 10.6 Å². The second kappa shape index (κ2) is 5.40. The van der Waals surface area contributed by atoms with Crippen molar-refractivity contribution in [1.29, 1.82) is 0 Å². The van der Waals surface area contributed by atoms with Crippen LogP contribution in [0.4, 0.5) is 31.5 Å². The fraction of sp³-hybridized carbons (Fsp3) is 0. The van der Waals surface area contributed by atoms with E-state index in [1.54, 1.807) is 12.1 Å². The number of hydrogen-bond acceptors (Lipinski definition) is 4. The van der Waals surface area contributed by atoms with E-state index in [0.29, 0.717) is 0 Å². The highest BCUT2D eigenvalue weighted by atomic mass is 19.1. The molecule has 0 saturated heterocycles. The first-order valence-electron chi connectivity index (χ1n) is 6.44. The molecule has 3 rings (SSSR count). The Morgan fingerprint density at radius 3 is 1.36 bits per heavy atom. The maximum Gasteiger partial charge on any atom is 0.253 e. The third-order valence-corrected chi connectivity index (χ3v) is 3.18. The van der Waals surface area contributed by atoms with E-state index in [1.807, 2.05) is 0 Å². The summed E-state index contributed by atoms with van der Waals surface area (Å²) in [4.78, 5) is 23.3. The average Bonchev–Trinajstić information content (AvgIpc) is 2.53. The summed E-state index contributed by atoms with van der Waals surface area (Å²) in [6, 6.07) is 11.5. The lowest BCUT2D eigenvalue weighted by Gasteiger charge is -2.15. The minimum absolute atomic E-state index is 0.0613. The molecule has 0 aliphatic rings. The van der Waals surface area contributed by atoms with Crippen LogP contribution in [0.5, 0.6) is 0 Å². The van der Waals surface area contributed by atoms with Gasteiger partial charge in [0.2, 0.25) is 0 Å². The molecule has 0 spiro atoms. The second-order valence-corrected chi connectivity index (χ2v) is 4.62. The minimum Gasteiger partial charge on any atom is -0.348 e. The van der Waals surface area contributed by atoms with Gasteiger partial charge in [0, 0.05) is 0 Å². The van der Waals surface area contributed by atoms with Gasteiger partial charge in [0.15, 0.2) is 0 Å². The molecule has 0 aromatic heterocycles. The largest absolute Gasteiger partial charge is 0.348 e. The zero-order valence-electron chi connectivity index (χ0n) is 11.2. The average molecular weight is 300 g/mol. The monoisotopic (exact) mass is 300 g/mol. The van der Waals surface area contributed by atoms with Crippen LogP contribution in [0.15, 0.2) is 58.1 Å². The van der Waals surface area contributed by atoms with Crippen molar-refractivity contribution in [2.24, 2.45) is 0 Å². The normalized spacial score (nSPS) is 10.6. The van der Waals surface area contributed by atoms with Gasteiger partial charge in [0.25, 0.3) is 10.9 Å². The standard InChI is InChI=1S/C16H10F2N2O2/c17-9-5-1-3-7-11(9)19-13-14(16(22)15(13)21)20-12-8-4-2-6-10(12)18/h1-8,19-20H. The second-order valence-electron chi connectivity index (χ2n) is 4.62.